The number of thioether (sulfide) groups is 1. The summed E-state index contributed by atoms with van der Waals surface area (Å²) in [5, 5.41) is 15.9. The summed E-state index contributed by atoms with van der Waals surface area (Å²) in [7, 11) is 0. The fraction of sp³-hybridized carbons (Fsp3) is 0.562. The zero-order valence-electron chi connectivity index (χ0n) is 12.4. The van der Waals surface area contributed by atoms with Crippen molar-refractivity contribution in [3.63, 3.8) is 0 Å². The van der Waals surface area contributed by atoms with E-state index in [0.717, 1.165) is 48.3 Å². The number of fused-ring (bicyclic) bond motifs is 1. The van der Waals surface area contributed by atoms with Crippen molar-refractivity contribution in [2.75, 3.05) is 12.3 Å². The minimum Gasteiger partial charge on any atom is -0.388 e. The van der Waals surface area contributed by atoms with Gasteiger partial charge in [-0.15, -0.1) is 11.8 Å². The Morgan fingerprint density at radius 2 is 2.18 bits per heavy atom. The second-order valence-electron chi connectivity index (χ2n) is 6.13. The lowest BCUT2D eigenvalue weighted by molar-refractivity contribution is 0.0500. The number of carbonyl (C=O) groups excluding carboxylic acids is 1. The van der Waals surface area contributed by atoms with Gasteiger partial charge in [-0.25, -0.2) is 9.18 Å². The van der Waals surface area contributed by atoms with Crippen molar-refractivity contribution in [1.82, 2.24) is 10.6 Å². The second kappa shape index (κ2) is 6.46. The molecule has 1 fully saturated rings. The van der Waals surface area contributed by atoms with E-state index in [1.165, 1.54) is 12.1 Å². The van der Waals surface area contributed by atoms with Crippen LogP contribution in [0.1, 0.15) is 43.7 Å². The van der Waals surface area contributed by atoms with Crippen LogP contribution in [0.4, 0.5) is 9.18 Å². The zero-order chi connectivity index (χ0) is 15.6. The van der Waals surface area contributed by atoms with Crippen molar-refractivity contribution in [2.24, 2.45) is 0 Å². The summed E-state index contributed by atoms with van der Waals surface area (Å²) in [5.74, 6) is 0.613. The zero-order valence-corrected chi connectivity index (χ0v) is 13.2. The van der Waals surface area contributed by atoms with Crippen molar-refractivity contribution in [2.45, 2.75) is 48.6 Å². The van der Waals surface area contributed by atoms with E-state index in [2.05, 4.69) is 10.6 Å². The van der Waals surface area contributed by atoms with Crippen LogP contribution >= 0.6 is 11.8 Å². The van der Waals surface area contributed by atoms with E-state index < -0.39 is 5.60 Å². The van der Waals surface area contributed by atoms with Gasteiger partial charge in [0.1, 0.15) is 5.82 Å². The maximum absolute atomic E-state index is 13.4. The molecule has 0 saturated heterocycles. The van der Waals surface area contributed by atoms with Crippen LogP contribution in [-0.4, -0.2) is 29.0 Å². The highest BCUT2D eigenvalue weighted by Crippen LogP contribution is 2.36. The largest absolute Gasteiger partial charge is 0.388 e. The van der Waals surface area contributed by atoms with Gasteiger partial charge in [0.05, 0.1) is 11.6 Å². The molecule has 2 aliphatic rings. The third kappa shape index (κ3) is 3.55. The lowest BCUT2D eigenvalue weighted by Crippen LogP contribution is -2.46. The first kappa shape index (κ1) is 15.6. The monoisotopic (exact) mass is 324 g/mol. The molecule has 4 nitrogen and oxygen atoms in total. The number of carbonyl (C=O) groups is 1. The number of nitrogens with one attached hydrogen (secondary N) is 2. The number of amides is 2. The fourth-order valence-corrected chi connectivity index (χ4v) is 4.28. The molecule has 1 aliphatic carbocycles. The summed E-state index contributed by atoms with van der Waals surface area (Å²) < 4.78 is 13.4. The lowest BCUT2D eigenvalue weighted by Gasteiger charge is -2.27. The van der Waals surface area contributed by atoms with Crippen molar-refractivity contribution >= 4 is 17.8 Å². The molecule has 1 atom stereocenters. The molecule has 0 radical (unpaired) electrons. The van der Waals surface area contributed by atoms with E-state index >= 15 is 0 Å². The molecule has 0 aromatic heterocycles. The van der Waals surface area contributed by atoms with Gasteiger partial charge < -0.3 is 15.7 Å². The fourth-order valence-electron chi connectivity index (χ4n) is 3.18. The molecule has 1 aliphatic heterocycles. The molecule has 1 heterocycles. The summed E-state index contributed by atoms with van der Waals surface area (Å²) in [6.07, 6.45) is 4.26. The number of hydrogen-bond acceptors (Lipinski definition) is 3. The van der Waals surface area contributed by atoms with E-state index in [1.807, 2.05) is 0 Å². The minimum absolute atomic E-state index is 0.176. The molecular weight excluding hydrogens is 303 g/mol. The number of urea groups is 1. The highest BCUT2D eigenvalue weighted by molar-refractivity contribution is 7.99. The third-order valence-corrected chi connectivity index (χ3v) is 5.55. The lowest BCUT2D eigenvalue weighted by atomic mass is 10.0. The minimum atomic E-state index is -0.760. The van der Waals surface area contributed by atoms with Gasteiger partial charge in [-0.2, -0.15) is 0 Å². The van der Waals surface area contributed by atoms with Crippen LogP contribution in [0.2, 0.25) is 0 Å². The summed E-state index contributed by atoms with van der Waals surface area (Å²) >= 11 is 1.68. The predicted molar refractivity (Wildman–Crippen MR) is 84.4 cm³/mol. The van der Waals surface area contributed by atoms with Gasteiger partial charge in [-0.05, 0) is 43.0 Å². The Bertz CT molecular complexity index is 561. The Hall–Kier alpha value is -1.27. The van der Waals surface area contributed by atoms with Crippen molar-refractivity contribution in [3.05, 3.63) is 29.6 Å². The summed E-state index contributed by atoms with van der Waals surface area (Å²) in [5.41, 5.74) is 0.0787. The Balaban J connectivity index is 1.59. The average molecular weight is 324 g/mol. The van der Waals surface area contributed by atoms with Gasteiger partial charge in [0.25, 0.3) is 0 Å². The molecule has 0 bridgehead atoms. The first-order valence-corrected chi connectivity index (χ1v) is 8.73. The van der Waals surface area contributed by atoms with Gasteiger partial charge in [-0.3, -0.25) is 0 Å². The third-order valence-electron chi connectivity index (χ3n) is 4.43. The van der Waals surface area contributed by atoms with E-state index in [9.17, 15) is 14.3 Å². The smallest absolute Gasteiger partial charge is 0.315 e. The molecule has 3 rings (SSSR count). The van der Waals surface area contributed by atoms with Crippen LogP contribution in [-0.2, 0) is 0 Å². The molecular formula is C16H21FN2O2S. The number of hydrogen-bond donors (Lipinski definition) is 3. The molecule has 6 heteroatoms. The second-order valence-corrected chi connectivity index (χ2v) is 7.27. The molecule has 1 aromatic carbocycles. The Morgan fingerprint density at radius 1 is 1.41 bits per heavy atom. The molecule has 3 N–H and O–H groups in total. The summed E-state index contributed by atoms with van der Waals surface area (Å²) in [4.78, 5) is 13.1. The van der Waals surface area contributed by atoms with Gasteiger partial charge in [0, 0.05) is 17.2 Å². The van der Waals surface area contributed by atoms with Crippen molar-refractivity contribution in [3.8, 4) is 0 Å². The standard InChI is InChI=1S/C16H21FN2O2S/c17-11-3-4-14-12(9-11)13(5-8-22-14)19-15(20)18-10-16(21)6-1-2-7-16/h3-4,9,13,21H,1-2,5-8,10H2,(H2,18,19,20). The number of benzene rings is 1. The van der Waals surface area contributed by atoms with E-state index in [4.69, 9.17) is 0 Å². The van der Waals surface area contributed by atoms with Crippen LogP contribution < -0.4 is 10.6 Å². The molecule has 1 aromatic rings. The van der Waals surface area contributed by atoms with Crippen LogP contribution in [0.15, 0.2) is 23.1 Å². The molecule has 120 valence electrons. The number of aliphatic hydroxyl groups is 1. The first-order chi connectivity index (χ1) is 10.6. The van der Waals surface area contributed by atoms with E-state index in [-0.39, 0.29) is 24.4 Å². The van der Waals surface area contributed by atoms with Gasteiger partial charge >= 0.3 is 6.03 Å². The van der Waals surface area contributed by atoms with Crippen LogP contribution in [0.3, 0.4) is 0 Å². The van der Waals surface area contributed by atoms with Crippen molar-refractivity contribution < 1.29 is 14.3 Å². The highest BCUT2D eigenvalue weighted by atomic mass is 32.2. The van der Waals surface area contributed by atoms with Gasteiger partial charge in [0.15, 0.2) is 0 Å². The topological polar surface area (TPSA) is 61.4 Å². The highest BCUT2D eigenvalue weighted by Gasteiger charge is 2.31. The quantitative estimate of drug-likeness (QED) is 0.801. The SMILES string of the molecule is O=C(NCC1(O)CCCC1)NC1CCSc2ccc(F)cc21. The summed E-state index contributed by atoms with van der Waals surface area (Å²) in [6.45, 7) is 0.274. The van der Waals surface area contributed by atoms with Crippen LogP contribution in [0, 0.1) is 5.82 Å². The predicted octanol–water partition coefficient (Wildman–Crippen LogP) is 2.97. The van der Waals surface area contributed by atoms with E-state index in [0.29, 0.717) is 0 Å². The molecule has 1 unspecified atom stereocenters. The Kier molecular flexibility index (Phi) is 4.59. The molecule has 1 saturated carbocycles. The van der Waals surface area contributed by atoms with Gasteiger partial charge in [-0.1, -0.05) is 12.8 Å². The van der Waals surface area contributed by atoms with E-state index in [1.54, 1.807) is 17.8 Å². The van der Waals surface area contributed by atoms with Crippen LogP contribution in [0.5, 0.6) is 0 Å². The molecule has 2 amide bonds. The van der Waals surface area contributed by atoms with Crippen molar-refractivity contribution in [1.29, 1.82) is 0 Å². The average Bonchev–Trinajstić information content (AvgIpc) is 2.93. The first-order valence-electron chi connectivity index (χ1n) is 7.75. The maximum atomic E-state index is 13.4. The number of halogens is 1. The summed E-state index contributed by atoms with van der Waals surface area (Å²) in [6, 6.07) is 4.24. The Morgan fingerprint density at radius 3 is 2.95 bits per heavy atom. The molecule has 0 spiro atoms. The molecule has 22 heavy (non-hydrogen) atoms. The normalized spacial score (nSPS) is 22.9. The van der Waals surface area contributed by atoms with Gasteiger partial charge in [0.2, 0.25) is 0 Å². The Labute approximate surface area is 133 Å². The van der Waals surface area contributed by atoms with Crippen LogP contribution in [0.25, 0.3) is 0 Å². The number of rotatable bonds is 3. The maximum Gasteiger partial charge on any atom is 0.315 e.